The van der Waals surface area contributed by atoms with Gasteiger partial charge in [-0.2, -0.15) is 0 Å². The molecule has 0 saturated carbocycles. The molecule has 0 aliphatic carbocycles. The maximum absolute atomic E-state index is 13.4. The predicted molar refractivity (Wildman–Crippen MR) is 128 cm³/mol. The van der Waals surface area contributed by atoms with Crippen LogP contribution >= 0.6 is 23.5 Å². The minimum atomic E-state index is -0.367. The molecule has 0 bridgehead atoms. The lowest BCUT2D eigenvalue weighted by Crippen LogP contribution is -2.43. The summed E-state index contributed by atoms with van der Waals surface area (Å²) in [7, 11) is 0. The van der Waals surface area contributed by atoms with Gasteiger partial charge in [0.05, 0.1) is 22.3 Å². The molecular formula is C23H26FN3O2S2. The molecule has 1 amide bonds. The van der Waals surface area contributed by atoms with E-state index >= 15 is 0 Å². The Kier molecular flexibility index (Phi) is 7.78. The van der Waals surface area contributed by atoms with E-state index in [1.165, 1.54) is 40.2 Å². The standard InChI is InChI=1S/C23H26FN3O2S2/c1-15(2)26(16(3)4)21(28)13-30-14-31-23-25-20-8-6-5-7-19(20)22(29)27(23)18-11-9-17(24)10-12-18/h5-12,15-16H,13-14H2,1-4H3. The SMILES string of the molecule is CC(C)N(C(=O)CSCSc1nc2ccccc2c(=O)n1-c1ccc(F)cc1)C(C)C. The van der Waals surface area contributed by atoms with E-state index in [4.69, 9.17) is 0 Å². The third-order valence-corrected chi connectivity index (χ3v) is 6.85. The highest BCUT2D eigenvalue weighted by molar-refractivity contribution is 8.16. The largest absolute Gasteiger partial charge is 0.337 e. The van der Waals surface area contributed by atoms with E-state index in [9.17, 15) is 14.0 Å². The fraction of sp³-hybridized carbons (Fsp3) is 0.348. The van der Waals surface area contributed by atoms with E-state index < -0.39 is 0 Å². The van der Waals surface area contributed by atoms with E-state index in [1.807, 2.05) is 38.7 Å². The molecule has 1 heterocycles. The number of benzene rings is 2. The Morgan fingerprint density at radius 3 is 2.35 bits per heavy atom. The number of aromatic nitrogens is 2. The molecular weight excluding hydrogens is 433 g/mol. The van der Waals surface area contributed by atoms with Crippen LogP contribution in [0.1, 0.15) is 27.7 Å². The van der Waals surface area contributed by atoms with E-state index in [1.54, 1.807) is 30.3 Å². The molecule has 1 aromatic heterocycles. The average Bonchev–Trinajstić information content (AvgIpc) is 2.72. The third kappa shape index (κ3) is 5.49. The topological polar surface area (TPSA) is 55.2 Å². The quantitative estimate of drug-likeness (QED) is 0.206. The van der Waals surface area contributed by atoms with Crippen molar-refractivity contribution in [3.63, 3.8) is 0 Å². The number of fused-ring (bicyclic) bond motifs is 1. The van der Waals surface area contributed by atoms with E-state index in [0.29, 0.717) is 32.6 Å². The Morgan fingerprint density at radius 2 is 1.71 bits per heavy atom. The summed E-state index contributed by atoms with van der Waals surface area (Å²) in [5, 5.41) is 1.57. The molecule has 0 N–H and O–H groups in total. The number of thioether (sulfide) groups is 2. The Labute approximate surface area is 190 Å². The Hall–Kier alpha value is -2.32. The second-order valence-electron chi connectivity index (χ2n) is 7.63. The molecule has 2 aromatic carbocycles. The van der Waals surface area contributed by atoms with Crippen molar-refractivity contribution < 1.29 is 9.18 Å². The zero-order valence-corrected chi connectivity index (χ0v) is 19.7. The molecule has 0 radical (unpaired) electrons. The zero-order valence-electron chi connectivity index (χ0n) is 18.0. The highest BCUT2D eigenvalue weighted by atomic mass is 32.2. The Bertz CT molecular complexity index is 1110. The van der Waals surface area contributed by atoms with Crippen molar-refractivity contribution in [3.8, 4) is 5.69 Å². The molecule has 5 nitrogen and oxygen atoms in total. The molecule has 3 aromatic rings. The first-order valence-corrected chi connectivity index (χ1v) is 12.2. The van der Waals surface area contributed by atoms with Crippen molar-refractivity contribution in [2.45, 2.75) is 44.9 Å². The molecule has 0 atom stereocenters. The van der Waals surface area contributed by atoms with Gasteiger partial charge in [-0.25, -0.2) is 9.37 Å². The summed E-state index contributed by atoms with van der Waals surface area (Å²) in [5.74, 6) is 0.0873. The number of para-hydroxylation sites is 1. The summed E-state index contributed by atoms with van der Waals surface area (Å²) >= 11 is 2.89. The lowest BCUT2D eigenvalue weighted by Gasteiger charge is -2.30. The lowest BCUT2D eigenvalue weighted by atomic mass is 10.2. The number of carbonyl (C=O) groups excluding carboxylic acids is 1. The number of hydrogen-bond donors (Lipinski definition) is 0. The summed E-state index contributed by atoms with van der Waals surface area (Å²) < 4.78 is 14.9. The van der Waals surface area contributed by atoms with Gasteiger partial charge in [-0.05, 0) is 64.1 Å². The summed E-state index contributed by atoms with van der Waals surface area (Å²) in [6.07, 6.45) is 0. The van der Waals surface area contributed by atoms with Gasteiger partial charge >= 0.3 is 0 Å². The number of hydrogen-bond acceptors (Lipinski definition) is 5. The summed E-state index contributed by atoms with van der Waals surface area (Å²) in [5.41, 5.74) is 0.964. The first-order chi connectivity index (χ1) is 14.8. The fourth-order valence-electron chi connectivity index (χ4n) is 3.50. The highest BCUT2D eigenvalue weighted by Crippen LogP contribution is 2.25. The van der Waals surface area contributed by atoms with Crippen LogP contribution in [0.4, 0.5) is 4.39 Å². The lowest BCUT2D eigenvalue weighted by molar-refractivity contribution is -0.131. The zero-order chi connectivity index (χ0) is 22.5. The van der Waals surface area contributed by atoms with Crippen molar-refractivity contribution in [3.05, 3.63) is 64.7 Å². The molecule has 0 aliphatic rings. The second kappa shape index (κ2) is 10.3. The molecule has 0 fully saturated rings. The van der Waals surface area contributed by atoms with E-state index in [0.717, 1.165) is 0 Å². The van der Waals surface area contributed by atoms with Crippen molar-refractivity contribution in [2.75, 3.05) is 10.8 Å². The van der Waals surface area contributed by atoms with E-state index in [-0.39, 0.29) is 29.4 Å². The minimum absolute atomic E-state index is 0.0954. The number of nitrogens with zero attached hydrogens (tertiary/aromatic N) is 3. The summed E-state index contributed by atoms with van der Waals surface area (Å²) in [6.45, 7) is 8.05. The van der Waals surface area contributed by atoms with Crippen molar-refractivity contribution >= 4 is 40.3 Å². The minimum Gasteiger partial charge on any atom is -0.337 e. The Balaban J connectivity index is 1.83. The Morgan fingerprint density at radius 1 is 1.06 bits per heavy atom. The van der Waals surface area contributed by atoms with Gasteiger partial charge in [0.1, 0.15) is 5.82 Å². The maximum atomic E-state index is 13.4. The van der Waals surface area contributed by atoms with Crippen LogP contribution in [0.25, 0.3) is 16.6 Å². The molecule has 3 rings (SSSR count). The van der Waals surface area contributed by atoms with Gasteiger partial charge in [0.25, 0.3) is 5.56 Å². The molecule has 31 heavy (non-hydrogen) atoms. The number of amides is 1. The third-order valence-electron chi connectivity index (χ3n) is 4.73. The molecule has 0 unspecified atom stereocenters. The highest BCUT2D eigenvalue weighted by Gasteiger charge is 2.20. The molecule has 0 saturated heterocycles. The van der Waals surface area contributed by atoms with Gasteiger partial charge in [-0.3, -0.25) is 14.2 Å². The van der Waals surface area contributed by atoms with Gasteiger partial charge < -0.3 is 4.90 Å². The van der Waals surface area contributed by atoms with Crippen LogP contribution in [0.2, 0.25) is 0 Å². The van der Waals surface area contributed by atoms with Crippen LogP contribution in [-0.2, 0) is 4.79 Å². The normalized spacial score (nSPS) is 11.5. The summed E-state index contributed by atoms with van der Waals surface area (Å²) in [6, 6.07) is 13.2. The van der Waals surface area contributed by atoms with Crippen molar-refractivity contribution in [2.24, 2.45) is 0 Å². The monoisotopic (exact) mass is 459 g/mol. The first-order valence-electron chi connectivity index (χ1n) is 10.1. The van der Waals surface area contributed by atoms with Crippen LogP contribution in [0.15, 0.2) is 58.5 Å². The van der Waals surface area contributed by atoms with E-state index in [2.05, 4.69) is 4.98 Å². The molecule has 0 spiro atoms. The maximum Gasteiger partial charge on any atom is 0.266 e. The molecule has 8 heteroatoms. The van der Waals surface area contributed by atoms with Gasteiger partial charge in [0, 0.05) is 17.2 Å². The van der Waals surface area contributed by atoms with Gasteiger partial charge in [0.15, 0.2) is 5.16 Å². The smallest absolute Gasteiger partial charge is 0.266 e. The van der Waals surface area contributed by atoms with Crippen molar-refractivity contribution in [1.82, 2.24) is 14.5 Å². The fourth-order valence-corrected chi connectivity index (χ4v) is 5.39. The predicted octanol–water partition coefficient (Wildman–Crippen LogP) is 4.95. The second-order valence-corrected chi connectivity index (χ2v) is 9.92. The first kappa shape index (κ1) is 23.3. The van der Waals surface area contributed by atoms with Gasteiger partial charge in [-0.15, -0.1) is 11.8 Å². The van der Waals surface area contributed by atoms with Crippen LogP contribution in [-0.4, -0.2) is 43.3 Å². The molecule has 0 aliphatic heterocycles. The number of carbonyl (C=O) groups is 1. The van der Waals surface area contributed by atoms with Crippen LogP contribution in [0.5, 0.6) is 0 Å². The van der Waals surface area contributed by atoms with Crippen LogP contribution < -0.4 is 5.56 Å². The number of rotatable bonds is 8. The molecule has 164 valence electrons. The summed E-state index contributed by atoms with van der Waals surface area (Å²) in [4.78, 5) is 32.3. The van der Waals surface area contributed by atoms with Gasteiger partial charge in [0.2, 0.25) is 5.91 Å². The van der Waals surface area contributed by atoms with Crippen molar-refractivity contribution in [1.29, 1.82) is 0 Å². The number of halogens is 1. The van der Waals surface area contributed by atoms with Crippen LogP contribution in [0, 0.1) is 5.82 Å². The van der Waals surface area contributed by atoms with Crippen LogP contribution in [0.3, 0.4) is 0 Å². The van der Waals surface area contributed by atoms with Gasteiger partial charge in [-0.1, -0.05) is 23.9 Å². The average molecular weight is 460 g/mol.